The molecule has 0 saturated heterocycles. The third-order valence-electron chi connectivity index (χ3n) is 2.56. The van der Waals surface area contributed by atoms with Crippen molar-refractivity contribution in [3.05, 3.63) is 57.7 Å². The third-order valence-corrected chi connectivity index (χ3v) is 3.50. The molecule has 0 saturated carbocycles. The molecule has 2 aromatic carbocycles. The lowest BCUT2D eigenvalue weighted by molar-refractivity contribution is 0.100. The number of nitrogens with one attached hydrogen (secondary N) is 2. The number of para-hydroxylation sites is 2. The fraction of sp³-hybridized carbons (Fsp3) is 0. The molecule has 0 fully saturated rings. The normalized spacial score (nSPS) is 9.85. The second-order valence-corrected chi connectivity index (χ2v) is 5.13. The molecule has 0 spiro atoms. The Bertz CT molecular complexity index is 658. The number of carbonyl (C=O) groups is 2. The number of nitrogens with two attached hydrogens (primary N) is 1. The van der Waals surface area contributed by atoms with Crippen LogP contribution in [0.3, 0.4) is 0 Å². The van der Waals surface area contributed by atoms with Crippen molar-refractivity contribution in [2.24, 2.45) is 5.73 Å². The SMILES string of the molecule is NC(=O)c1ccccc1NC(=O)Nc1ccccc1I. The maximum Gasteiger partial charge on any atom is 0.323 e. The van der Waals surface area contributed by atoms with E-state index in [2.05, 4.69) is 33.2 Å². The lowest BCUT2D eigenvalue weighted by atomic mass is 10.1. The van der Waals surface area contributed by atoms with E-state index in [1.165, 1.54) is 0 Å². The van der Waals surface area contributed by atoms with Crippen LogP contribution in [-0.4, -0.2) is 11.9 Å². The van der Waals surface area contributed by atoms with Crippen molar-refractivity contribution in [3.63, 3.8) is 0 Å². The molecule has 5 nitrogen and oxygen atoms in total. The number of anilines is 2. The summed E-state index contributed by atoms with van der Waals surface area (Å²) in [6.07, 6.45) is 0. The minimum Gasteiger partial charge on any atom is -0.366 e. The summed E-state index contributed by atoms with van der Waals surface area (Å²) >= 11 is 2.13. The summed E-state index contributed by atoms with van der Waals surface area (Å²) in [6, 6.07) is 13.5. The standard InChI is InChI=1S/C14H12IN3O2/c15-10-6-2-4-8-12(10)18-14(20)17-11-7-3-1-5-9(11)13(16)19/h1-8H,(H2,16,19)(H2,17,18,20). The van der Waals surface area contributed by atoms with E-state index in [4.69, 9.17) is 5.73 Å². The average Bonchev–Trinajstić information content (AvgIpc) is 2.41. The second-order valence-electron chi connectivity index (χ2n) is 3.97. The number of primary amides is 1. The van der Waals surface area contributed by atoms with E-state index >= 15 is 0 Å². The zero-order chi connectivity index (χ0) is 14.5. The maximum absolute atomic E-state index is 11.9. The molecular weight excluding hydrogens is 369 g/mol. The van der Waals surface area contributed by atoms with Crippen molar-refractivity contribution in [2.45, 2.75) is 0 Å². The molecule has 0 heterocycles. The zero-order valence-corrected chi connectivity index (χ0v) is 12.5. The van der Waals surface area contributed by atoms with Gasteiger partial charge in [0, 0.05) is 3.57 Å². The Kier molecular flexibility index (Phi) is 4.57. The molecule has 20 heavy (non-hydrogen) atoms. The van der Waals surface area contributed by atoms with E-state index < -0.39 is 11.9 Å². The Balaban J connectivity index is 2.13. The van der Waals surface area contributed by atoms with E-state index in [-0.39, 0.29) is 5.56 Å². The highest BCUT2D eigenvalue weighted by Crippen LogP contribution is 2.18. The first-order valence-corrected chi connectivity index (χ1v) is 6.87. The Morgan fingerprint density at radius 1 is 0.900 bits per heavy atom. The van der Waals surface area contributed by atoms with Crippen LogP contribution < -0.4 is 16.4 Å². The predicted molar refractivity (Wildman–Crippen MR) is 86.8 cm³/mol. The molecule has 0 unspecified atom stereocenters. The summed E-state index contributed by atoms with van der Waals surface area (Å²) in [5.41, 5.74) is 6.60. The average molecular weight is 381 g/mol. The van der Waals surface area contributed by atoms with Gasteiger partial charge in [-0.25, -0.2) is 4.79 Å². The smallest absolute Gasteiger partial charge is 0.323 e. The van der Waals surface area contributed by atoms with Crippen molar-refractivity contribution in [1.29, 1.82) is 0 Å². The van der Waals surface area contributed by atoms with Gasteiger partial charge in [0.05, 0.1) is 16.9 Å². The Hall–Kier alpha value is -2.09. The van der Waals surface area contributed by atoms with Crippen LogP contribution in [-0.2, 0) is 0 Å². The van der Waals surface area contributed by atoms with Crippen LogP contribution in [0.5, 0.6) is 0 Å². The van der Waals surface area contributed by atoms with Gasteiger partial charge in [0.1, 0.15) is 0 Å². The summed E-state index contributed by atoms with van der Waals surface area (Å²) in [4.78, 5) is 23.2. The number of halogens is 1. The summed E-state index contributed by atoms with van der Waals surface area (Å²) in [5, 5.41) is 5.33. The minimum atomic E-state index is -0.588. The second kappa shape index (κ2) is 6.38. The molecule has 0 radical (unpaired) electrons. The molecule has 4 N–H and O–H groups in total. The van der Waals surface area contributed by atoms with E-state index in [1.54, 1.807) is 30.3 Å². The summed E-state index contributed by atoms with van der Waals surface area (Å²) in [5.74, 6) is -0.588. The van der Waals surface area contributed by atoms with Crippen molar-refractivity contribution >= 4 is 45.9 Å². The predicted octanol–water partition coefficient (Wildman–Crippen LogP) is 3.03. The first-order valence-electron chi connectivity index (χ1n) is 5.79. The van der Waals surface area contributed by atoms with Crippen molar-refractivity contribution < 1.29 is 9.59 Å². The molecular formula is C14H12IN3O2. The number of amides is 3. The lowest BCUT2D eigenvalue weighted by Crippen LogP contribution is -2.22. The first-order chi connectivity index (χ1) is 9.58. The highest BCUT2D eigenvalue weighted by molar-refractivity contribution is 14.1. The van der Waals surface area contributed by atoms with Crippen LogP contribution in [0.2, 0.25) is 0 Å². The van der Waals surface area contributed by atoms with Gasteiger partial charge in [-0.15, -0.1) is 0 Å². The molecule has 102 valence electrons. The molecule has 2 rings (SSSR count). The number of rotatable bonds is 3. The van der Waals surface area contributed by atoms with Gasteiger partial charge in [0.25, 0.3) is 5.91 Å². The number of urea groups is 1. The monoisotopic (exact) mass is 381 g/mol. The first kappa shape index (κ1) is 14.3. The van der Waals surface area contributed by atoms with Gasteiger partial charge < -0.3 is 16.4 Å². The Morgan fingerprint density at radius 2 is 1.45 bits per heavy atom. The topological polar surface area (TPSA) is 84.2 Å². The van der Waals surface area contributed by atoms with Crippen molar-refractivity contribution in [1.82, 2.24) is 0 Å². The largest absolute Gasteiger partial charge is 0.366 e. The van der Waals surface area contributed by atoms with Gasteiger partial charge in [0.2, 0.25) is 0 Å². The van der Waals surface area contributed by atoms with Gasteiger partial charge in [-0.2, -0.15) is 0 Å². The molecule has 0 bridgehead atoms. The Morgan fingerprint density at radius 3 is 2.10 bits per heavy atom. The van der Waals surface area contributed by atoms with Gasteiger partial charge in [-0.1, -0.05) is 24.3 Å². The van der Waals surface area contributed by atoms with Crippen LogP contribution in [0.15, 0.2) is 48.5 Å². The van der Waals surface area contributed by atoms with Crippen LogP contribution in [0.1, 0.15) is 10.4 Å². The van der Waals surface area contributed by atoms with Gasteiger partial charge in [0.15, 0.2) is 0 Å². The molecule has 6 heteroatoms. The summed E-state index contributed by atoms with van der Waals surface area (Å²) in [6.45, 7) is 0. The van der Waals surface area contributed by atoms with E-state index in [9.17, 15) is 9.59 Å². The van der Waals surface area contributed by atoms with Crippen molar-refractivity contribution in [2.75, 3.05) is 10.6 Å². The fourth-order valence-electron chi connectivity index (χ4n) is 1.65. The minimum absolute atomic E-state index is 0.269. The quantitative estimate of drug-likeness (QED) is 0.715. The summed E-state index contributed by atoms with van der Waals surface area (Å²) in [7, 11) is 0. The summed E-state index contributed by atoms with van der Waals surface area (Å²) < 4.78 is 0.920. The third kappa shape index (κ3) is 3.47. The number of benzene rings is 2. The molecule has 0 aliphatic rings. The lowest BCUT2D eigenvalue weighted by Gasteiger charge is -2.11. The van der Waals surface area contributed by atoms with Crippen LogP contribution >= 0.6 is 22.6 Å². The van der Waals surface area contributed by atoms with Gasteiger partial charge >= 0.3 is 6.03 Å². The maximum atomic E-state index is 11.9. The van der Waals surface area contributed by atoms with E-state index in [0.717, 1.165) is 3.57 Å². The fourth-order valence-corrected chi connectivity index (χ4v) is 2.17. The molecule has 0 atom stereocenters. The highest BCUT2D eigenvalue weighted by Gasteiger charge is 2.10. The van der Waals surface area contributed by atoms with Gasteiger partial charge in [-0.05, 0) is 46.9 Å². The molecule has 0 aliphatic carbocycles. The molecule has 3 amide bonds. The van der Waals surface area contributed by atoms with E-state index in [0.29, 0.717) is 11.4 Å². The highest BCUT2D eigenvalue weighted by atomic mass is 127. The Labute approximate surface area is 129 Å². The van der Waals surface area contributed by atoms with Crippen LogP contribution in [0, 0.1) is 3.57 Å². The molecule has 0 aliphatic heterocycles. The number of hydrogen-bond acceptors (Lipinski definition) is 2. The number of carbonyl (C=O) groups excluding carboxylic acids is 2. The van der Waals surface area contributed by atoms with Gasteiger partial charge in [-0.3, -0.25) is 4.79 Å². The van der Waals surface area contributed by atoms with E-state index in [1.807, 2.05) is 18.2 Å². The molecule has 0 aromatic heterocycles. The van der Waals surface area contributed by atoms with Crippen LogP contribution in [0.25, 0.3) is 0 Å². The van der Waals surface area contributed by atoms with Crippen molar-refractivity contribution in [3.8, 4) is 0 Å². The molecule has 2 aromatic rings. The number of hydrogen-bond donors (Lipinski definition) is 3. The zero-order valence-electron chi connectivity index (χ0n) is 10.4. The van der Waals surface area contributed by atoms with Crippen LogP contribution in [0.4, 0.5) is 16.2 Å².